The second-order valence-corrected chi connectivity index (χ2v) is 5.72. The Morgan fingerprint density at radius 3 is 2.30 bits per heavy atom. The summed E-state index contributed by atoms with van der Waals surface area (Å²) in [6.45, 7) is 10.6. The third-order valence-electron chi connectivity index (χ3n) is 3.96. The second kappa shape index (κ2) is 8.60. The van der Waals surface area contributed by atoms with Crippen molar-refractivity contribution in [2.24, 2.45) is 0 Å². The van der Waals surface area contributed by atoms with Crippen molar-refractivity contribution in [2.75, 3.05) is 32.8 Å². The standard InChI is InChI=1S/C15H30N2O3/c1-5-14(6-2)16(7-8-18)11-15(19)17-9-12(3)20-13(4)10-17/h12-14,18H,5-11H2,1-4H3. The number of carbonyl (C=O) groups is 1. The van der Waals surface area contributed by atoms with Gasteiger partial charge in [-0.25, -0.2) is 0 Å². The first kappa shape index (κ1) is 17.4. The first-order chi connectivity index (χ1) is 9.51. The molecule has 5 heteroatoms. The van der Waals surface area contributed by atoms with Gasteiger partial charge in [0.25, 0.3) is 0 Å². The summed E-state index contributed by atoms with van der Waals surface area (Å²) in [7, 11) is 0. The zero-order valence-electron chi connectivity index (χ0n) is 13.3. The highest BCUT2D eigenvalue weighted by Gasteiger charge is 2.27. The maximum absolute atomic E-state index is 12.5. The molecular formula is C15H30N2O3. The van der Waals surface area contributed by atoms with Crippen molar-refractivity contribution in [3.63, 3.8) is 0 Å². The summed E-state index contributed by atoms with van der Waals surface area (Å²) in [6.07, 6.45) is 2.20. The summed E-state index contributed by atoms with van der Waals surface area (Å²) in [5.41, 5.74) is 0. The minimum Gasteiger partial charge on any atom is -0.395 e. The fourth-order valence-electron chi connectivity index (χ4n) is 2.98. The summed E-state index contributed by atoms with van der Waals surface area (Å²) in [5.74, 6) is 0.146. The van der Waals surface area contributed by atoms with Crippen molar-refractivity contribution in [3.8, 4) is 0 Å². The normalized spacial score (nSPS) is 23.6. The molecule has 0 saturated carbocycles. The molecule has 0 radical (unpaired) electrons. The Kier molecular flexibility index (Phi) is 7.48. The smallest absolute Gasteiger partial charge is 0.236 e. The van der Waals surface area contributed by atoms with Crippen LogP contribution < -0.4 is 0 Å². The van der Waals surface area contributed by atoms with E-state index in [1.165, 1.54) is 0 Å². The Balaban J connectivity index is 2.60. The number of hydrogen-bond acceptors (Lipinski definition) is 4. The number of aliphatic hydroxyl groups excluding tert-OH is 1. The van der Waals surface area contributed by atoms with Gasteiger partial charge in [0.1, 0.15) is 0 Å². The van der Waals surface area contributed by atoms with Gasteiger partial charge >= 0.3 is 0 Å². The molecule has 0 bridgehead atoms. The number of morpholine rings is 1. The highest BCUT2D eigenvalue weighted by atomic mass is 16.5. The molecule has 0 aromatic rings. The minimum atomic E-state index is 0.0969. The molecule has 1 saturated heterocycles. The minimum absolute atomic E-state index is 0.0969. The number of amides is 1. The largest absolute Gasteiger partial charge is 0.395 e. The molecular weight excluding hydrogens is 256 g/mol. The average Bonchev–Trinajstić information content (AvgIpc) is 2.39. The zero-order valence-corrected chi connectivity index (χ0v) is 13.3. The quantitative estimate of drug-likeness (QED) is 0.761. The van der Waals surface area contributed by atoms with E-state index in [-0.39, 0.29) is 24.7 Å². The van der Waals surface area contributed by atoms with E-state index < -0.39 is 0 Å². The van der Waals surface area contributed by atoms with Crippen LogP contribution in [0.5, 0.6) is 0 Å². The first-order valence-corrected chi connectivity index (χ1v) is 7.79. The summed E-state index contributed by atoms with van der Waals surface area (Å²) in [5, 5.41) is 9.20. The molecule has 5 nitrogen and oxygen atoms in total. The zero-order chi connectivity index (χ0) is 15.1. The van der Waals surface area contributed by atoms with Gasteiger partial charge in [0.05, 0.1) is 25.4 Å². The van der Waals surface area contributed by atoms with Gasteiger partial charge in [-0.3, -0.25) is 9.69 Å². The van der Waals surface area contributed by atoms with Crippen molar-refractivity contribution in [2.45, 2.75) is 58.8 Å². The molecule has 1 fully saturated rings. The Hall–Kier alpha value is -0.650. The summed E-state index contributed by atoms with van der Waals surface area (Å²) in [6, 6.07) is 0.363. The van der Waals surface area contributed by atoms with E-state index in [2.05, 4.69) is 18.7 Å². The molecule has 2 unspecified atom stereocenters. The van der Waals surface area contributed by atoms with E-state index in [0.717, 1.165) is 12.8 Å². The van der Waals surface area contributed by atoms with E-state index >= 15 is 0 Å². The number of ether oxygens (including phenoxy) is 1. The van der Waals surface area contributed by atoms with Gasteiger partial charge in [-0.15, -0.1) is 0 Å². The Morgan fingerprint density at radius 1 is 1.30 bits per heavy atom. The highest BCUT2D eigenvalue weighted by molar-refractivity contribution is 5.78. The van der Waals surface area contributed by atoms with Crippen LogP contribution in [0.2, 0.25) is 0 Å². The molecule has 20 heavy (non-hydrogen) atoms. The Bertz CT molecular complexity index is 285. The second-order valence-electron chi connectivity index (χ2n) is 5.72. The molecule has 1 aliphatic heterocycles. The van der Waals surface area contributed by atoms with Crippen molar-refractivity contribution in [1.82, 2.24) is 9.80 Å². The van der Waals surface area contributed by atoms with Gasteiger partial charge in [-0.2, -0.15) is 0 Å². The maximum Gasteiger partial charge on any atom is 0.236 e. The van der Waals surface area contributed by atoms with Crippen molar-refractivity contribution in [3.05, 3.63) is 0 Å². The van der Waals surface area contributed by atoms with E-state index in [1.807, 2.05) is 18.7 Å². The van der Waals surface area contributed by atoms with E-state index in [0.29, 0.717) is 32.2 Å². The number of hydrogen-bond donors (Lipinski definition) is 1. The van der Waals surface area contributed by atoms with Crippen LogP contribution in [0.1, 0.15) is 40.5 Å². The van der Waals surface area contributed by atoms with Gasteiger partial charge in [-0.05, 0) is 26.7 Å². The van der Waals surface area contributed by atoms with Gasteiger partial charge in [0, 0.05) is 25.7 Å². The van der Waals surface area contributed by atoms with Crippen LogP contribution in [-0.2, 0) is 9.53 Å². The van der Waals surface area contributed by atoms with Crippen LogP contribution in [-0.4, -0.2) is 71.8 Å². The molecule has 1 heterocycles. The van der Waals surface area contributed by atoms with E-state index in [1.54, 1.807) is 0 Å². The van der Waals surface area contributed by atoms with Crippen molar-refractivity contribution >= 4 is 5.91 Å². The predicted octanol–water partition coefficient (Wildman–Crippen LogP) is 1.11. The monoisotopic (exact) mass is 286 g/mol. The molecule has 0 spiro atoms. The van der Waals surface area contributed by atoms with E-state index in [9.17, 15) is 9.90 Å². The molecule has 1 amide bonds. The lowest BCUT2D eigenvalue weighted by Gasteiger charge is -2.37. The highest BCUT2D eigenvalue weighted by Crippen LogP contribution is 2.13. The lowest BCUT2D eigenvalue weighted by molar-refractivity contribution is -0.145. The fourth-order valence-corrected chi connectivity index (χ4v) is 2.98. The number of nitrogens with zero attached hydrogens (tertiary/aromatic N) is 2. The lowest BCUT2D eigenvalue weighted by Crippen LogP contribution is -2.52. The molecule has 118 valence electrons. The molecule has 0 aliphatic carbocycles. The van der Waals surface area contributed by atoms with Gasteiger partial charge in [0.2, 0.25) is 5.91 Å². The van der Waals surface area contributed by atoms with Crippen molar-refractivity contribution in [1.29, 1.82) is 0 Å². The molecule has 1 rings (SSSR count). The maximum atomic E-state index is 12.5. The van der Waals surface area contributed by atoms with Crippen molar-refractivity contribution < 1.29 is 14.6 Å². The lowest BCUT2D eigenvalue weighted by atomic mass is 10.1. The van der Waals surface area contributed by atoms with Crippen LogP contribution >= 0.6 is 0 Å². The predicted molar refractivity (Wildman–Crippen MR) is 79.6 cm³/mol. The average molecular weight is 286 g/mol. The summed E-state index contributed by atoms with van der Waals surface area (Å²) < 4.78 is 5.66. The van der Waals surface area contributed by atoms with Crippen LogP contribution in [0.3, 0.4) is 0 Å². The number of carbonyl (C=O) groups excluding carboxylic acids is 1. The molecule has 1 N–H and O–H groups in total. The number of rotatable bonds is 7. The van der Waals surface area contributed by atoms with Crippen LogP contribution in [0.4, 0.5) is 0 Å². The topological polar surface area (TPSA) is 53.0 Å². The molecule has 1 aliphatic rings. The van der Waals surface area contributed by atoms with Gasteiger partial charge < -0.3 is 14.7 Å². The van der Waals surface area contributed by atoms with E-state index in [4.69, 9.17) is 4.74 Å². The number of aliphatic hydroxyl groups is 1. The Labute approximate surface area is 122 Å². The Morgan fingerprint density at radius 2 is 1.85 bits per heavy atom. The summed E-state index contributed by atoms with van der Waals surface area (Å²) in [4.78, 5) is 16.5. The fraction of sp³-hybridized carbons (Fsp3) is 0.933. The SMILES string of the molecule is CCC(CC)N(CCO)CC(=O)N1CC(C)OC(C)C1. The summed E-state index contributed by atoms with van der Waals surface area (Å²) >= 11 is 0. The first-order valence-electron chi connectivity index (χ1n) is 7.79. The van der Waals surface area contributed by atoms with Crippen LogP contribution in [0.15, 0.2) is 0 Å². The van der Waals surface area contributed by atoms with Crippen LogP contribution in [0, 0.1) is 0 Å². The van der Waals surface area contributed by atoms with Crippen LogP contribution in [0.25, 0.3) is 0 Å². The molecule has 2 atom stereocenters. The molecule has 0 aromatic heterocycles. The van der Waals surface area contributed by atoms with Gasteiger partial charge in [0.15, 0.2) is 0 Å². The third kappa shape index (κ3) is 5.04. The van der Waals surface area contributed by atoms with Gasteiger partial charge in [-0.1, -0.05) is 13.8 Å². The third-order valence-corrected chi connectivity index (χ3v) is 3.96. The molecule has 0 aromatic carbocycles.